The molecular formula is C10H15N3O6S. The monoisotopic (exact) mass is 305 g/mol. The topological polar surface area (TPSA) is 139 Å². The molecule has 112 valence electrons. The van der Waals surface area contributed by atoms with Crippen LogP contribution in [0.3, 0.4) is 0 Å². The number of rotatable bonds is 8. The molecule has 9 nitrogen and oxygen atoms in total. The van der Waals surface area contributed by atoms with Gasteiger partial charge in [0.25, 0.3) is 10.0 Å². The Morgan fingerprint density at radius 2 is 2.10 bits per heavy atom. The lowest BCUT2D eigenvalue weighted by Crippen LogP contribution is -2.41. The Labute approximate surface area is 115 Å². The van der Waals surface area contributed by atoms with E-state index in [9.17, 15) is 18.0 Å². The van der Waals surface area contributed by atoms with Gasteiger partial charge in [-0.25, -0.2) is 13.4 Å². The highest BCUT2D eigenvalue weighted by Crippen LogP contribution is 2.08. The van der Waals surface area contributed by atoms with Crippen LogP contribution in [-0.4, -0.2) is 46.2 Å². The van der Waals surface area contributed by atoms with Crippen molar-refractivity contribution in [3.8, 4) is 0 Å². The number of nitrogens with one attached hydrogen (secondary N) is 1. The van der Waals surface area contributed by atoms with E-state index in [4.69, 9.17) is 10.2 Å². The second kappa shape index (κ2) is 6.48. The molecule has 0 amide bonds. The lowest BCUT2D eigenvalue weighted by Gasteiger charge is -2.12. The molecule has 1 atom stereocenters. The Bertz CT molecular complexity index is 594. The van der Waals surface area contributed by atoms with Crippen LogP contribution in [0.15, 0.2) is 17.6 Å². The molecule has 1 aromatic rings. The number of hydrogen-bond acceptors (Lipinski definition) is 5. The third kappa shape index (κ3) is 4.31. The molecule has 0 aliphatic rings. The minimum absolute atomic E-state index is 0.305. The van der Waals surface area contributed by atoms with E-state index in [0.717, 1.165) is 0 Å². The van der Waals surface area contributed by atoms with E-state index in [1.165, 1.54) is 17.1 Å². The highest BCUT2D eigenvalue weighted by atomic mass is 32.2. The molecule has 0 saturated heterocycles. The number of nitrogens with zero attached hydrogens (tertiary/aromatic N) is 2. The average molecular weight is 305 g/mol. The van der Waals surface area contributed by atoms with E-state index < -0.39 is 34.4 Å². The van der Waals surface area contributed by atoms with Gasteiger partial charge < -0.3 is 14.8 Å². The summed E-state index contributed by atoms with van der Waals surface area (Å²) in [5.41, 5.74) is 0. The van der Waals surface area contributed by atoms with Gasteiger partial charge in [0.1, 0.15) is 6.04 Å². The van der Waals surface area contributed by atoms with Crippen LogP contribution in [0.25, 0.3) is 0 Å². The van der Waals surface area contributed by atoms with Gasteiger partial charge in [0.2, 0.25) is 0 Å². The summed E-state index contributed by atoms with van der Waals surface area (Å²) in [5.74, 6) is -2.64. The van der Waals surface area contributed by atoms with Crippen LogP contribution in [0, 0.1) is 0 Å². The molecule has 0 radical (unpaired) electrons. The van der Waals surface area contributed by atoms with Crippen molar-refractivity contribution in [1.29, 1.82) is 0 Å². The number of hydrogen-bond donors (Lipinski definition) is 3. The fourth-order valence-corrected chi connectivity index (χ4v) is 2.57. The summed E-state index contributed by atoms with van der Waals surface area (Å²) in [6, 6.07) is -1.51. The molecule has 0 fully saturated rings. The van der Waals surface area contributed by atoms with Gasteiger partial charge in [0.05, 0.1) is 6.33 Å². The Hall–Kier alpha value is -1.94. The number of sulfonamides is 1. The Morgan fingerprint density at radius 3 is 2.55 bits per heavy atom. The number of aromatic nitrogens is 2. The molecule has 1 rings (SSSR count). The Morgan fingerprint density at radius 1 is 1.45 bits per heavy atom. The molecule has 0 aromatic carbocycles. The van der Waals surface area contributed by atoms with E-state index >= 15 is 0 Å². The number of carboxylic acid groups (broad SMARTS) is 2. The van der Waals surface area contributed by atoms with E-state index in [1.807, 2.05) is 4.72 Å². The van der Waals surface area contributed by atoms with Crippen molar-refractivity contribution in [2.45, 2.75) is 37.4 Å². The molecule has 0 saturated carbocycles. The van der Waals surface area contributed by atoms with Gasteiger partial charge >= 0.3 is 11.9 Å². The van der Waals surface area contributed by atoms with Gasteiger partial charge in [-0.15, -0.1) is 0 Å². The molecule has 0 unspecified atom stereocenters. The quantitative estimate of drug-likeness (QED) is 0.588. The van der Waals surface area contributed by atoms with Crippen molar-refractivity contribution in [3.63, 3.8) is 0 Å². The summed E-state index contributed by atoms with van der Waals surface area (Å²) in [6.07, 6.45) is 1.77. The number of imidazole rings is 1. The molecule has 0 bridgehead atoms. The van der Waals surface area contributed by atoms with Crippen molar-refractivity contribution in [2.75, 3.05) is 0 Å². The summed E-state index contributed by atoms with van der Waals surface area (Å²) >= 11 is 0. The highest BCUT2D eigenvalue weighted by Gasteiger charge is 2.27. The normalized spacial score (nSPS) is 13.1. The Kier molecular flexibility index (Phi) is 5.22. The molecule has 1 heterocycles. The van der Waals surface area contributed by atoms with E-state index in [0.29, 0.717) is 6.54 Å². The molecular weight excluding hydrogens is 290 g/mol. The first-order valence-electron chi connectivity index (χ1n) is 5.75. The SMILES string of the molecule is CCn1cnc(S(=O)(=O)N[C@@H](CCC(=O)O)C(=O)O)c1. The van der Waals surface area contributed by atoms with Gasteiger partial charge in [0.15, 0.2) is 5.03 Å². The van der Waals surface area contributed by atoms with Crippen LogP contribution in [0.5, 0.6) is 0 Å². The lowest BCUT2D eigenvalue weighted by atomic mass is 10.2. The zero-order valence-corrected chi connectivity index (χ0v) is 11.5. The number of aliphatic carboxylic acids is 2. The first-order valence-corrected chi connectivity index (χ1v) is 7.23. The van der Waals surface area contributed by atoms with Gasteiger partial charge in [-0.2, -0.15) is 4.72 Å². The fourth-order valence-electron chi connectivity index (χ4n) is 1.40. The van der Waals surface area contributed by atoms with Crippen molar-refractivity contribution in [2.24, 2.45) is 0 Å². The van der Waals surface area contributed by atoms with Crippen molar-refractivity contribution < 1.29 is 28.2 Å². The van der Waals surface area contributed by atoms with E-state index in [2.05, 4.69) is 4.98 Å². The first kappa shape index (κ1) is 16.1. The summed E-state index contributed by atoms with van der Waals surface area (Å²) in [7, 11) is -4.10. The van der Waals surface area contributed by atoms with Crippen LogP contribution in [0.1, 0.15) is 19.8 Å². The second-order valence-corrected chi connectivity index (χ2v) is 5.65. The summed E-state index contributed by atoms with van der Waals surface area (Å²) in [4.78, 5) is 25.0. The summed E-state index contributed by atoms with van der Waals surface area (Å²) in [6.45, 7) is 2.31. The minimum atomic E-state index is -4.10. The maximum absolute atomic E-state index is 11.9. The van der Waals surface area contributed by atoms with E-state index in [1.54, 1.807) is 6.92 Å². The number of aryl methyl sites for hydroxylation is 1. The molecule has 10 heteroatoms. The van der Waals surface area contributed by atoms with Crippen LogP contribution in [0.4, 0.5) is 0 Å². The minimum Gasteiger partial charge on any atom is -0.481 e. The van der Waals surface area contributed by atoms with Gasteiger partial charge in [-0.3, -0.25) is 9.59 Å². The maximum atomic E-state index is 11.9. The highest BCUT2D eigenvalue weighted by molar-refractivity contribution is 7.89. The third-order valence-corrected chi connectivity index (χ3v) is 3.85. The van der Waals surface area contributed by atoms with Gasteiger partial charge in [-0.05, 0) is 13.3 Å². The van der Waals surface area contributed by atoms with Crippen molar-refractivity contribution >= 4 is 22.0 Å². The fraction of sp³-hybridized carbons (Fsp3) is 0.500. The zero-order chi connectivity index (χ0) is 15.3. The van der Waals surface area contributed by atoms with Gasteiger partial charge in [0, 0.05) is 19.2 Å². The van der Waals surface area contributed by atoms with Crippen LogP contribution < -0.4 is 4.72 Å². The van der Waals surface area contributed by atoms with Crippen molar-refractivity contribution in [1.82, 2.24) is 14.3 Å². The zero-order valence-electron chi connectivity index (χ0n) is 10.7. The number of carbonyl (C=O) groups is 2. The molecule has 1 aromatic heterocycles. The first-order chi connectivity index (χ1) is 9.26. The van der Waals surface area contributed by atoms with Gasteiger partial charge in [-0.1, -0.05) is 0 Å². The van der Waals surface area contributed by atoms with Crippen LogP contribution in [-0.2, 0) is 26.2 Å². The third-order valence-electron chi connectivity index (χ3n) is 2.49. The second-order valence-electron chi connectivity index (χ2n) is 3.99. The average Bonchev–Trinajstić information content (AvgIpc) is 2.83. The summed E-state index contributed by atoms with van der Waals surface area (Å²) < 4.78 is 27.3. The predicted octanol–water partition coefficient (Wildman–Crippen LogP) is -0.501. The predicted molar refractivity (Wildman–Crippen MR) is 66.5 cm³/mol. The molecule has 3 N–H and O–H groups in total. The largest absolute Gasteiger partial charge is 0.481 e. The van der Waals surface area contributed by atoms with Crippen molar-refractivity contribution in [3.05, 3.63) is 12.5 Å². The summed E-state index contributed by atoms with van der Waals surface area (Å²) in [5, 5.41) is 17.1. The molecule has 0 aliphatic carbocycles. The Balaban J connectivity index is 2.85. The lowest BCUT2D eigenvalue weighted by molar-refractivity contribution is -0.140. The standard InChI is InChI=1S/C10H15N3O6S/c1-2-13-5-8(11-6-13)20(18,19)12-7(10(16)17)3-4-9(14)15/h5-7,12H,2-4H2,1H3,(H,14,15)(H,16,17)/t7-/m0/s1. The van der Waals surface area contributed by atoms with Crippen LogP contribution in [0.2, 0.25) is 0 Å². The molecule has 0 spiro atoms. The van der Waals surface area contributed by atoms with Crippen LogP contribution >= 0.6 is 0 Å². The number of carboxylic acids is 2. The maximum Gasteiger partial charge on any atom is 0.321 e. The smallest absolute Gasteiger partial charge is 0.321 e. The molecule has 0 aliphatic heterocycles. The molecule has 20 heavy (non-hydrogen) atoms. The van der Waals surface area contributed by atoms with E-state index in [-0.39, 0.29) is 11.4 Å².